The molecule has 1 heterocycles. The van der Waals surface area contributed by atoms with E-state index in [1.807, 2.05) is 24.3 Å². The predicted octanol–water partition coefficient (Wildman–Crippen LogP) is 3.46. The van der Waals surface area contributed by atoms with Gasteiger partial charge in [0.25, 0.3) is 5.91 Å². The molecule has 0 spiro atoms. The monoisotopic (exact) mass is 456 g/mol. The van der Waals surface area contributed by atoms with Gasteiger partial charge in [-0.25, -0.2) is 19.6 Å². The van der Waals surface area contributed by atoms with Crippen LogP contribution in [0.2, 0.25) is 0 Å². The molecule has 1 atom stereocenters. The molecule has 0 saturated heterocycles. The van der Waals surface area contributed by atoms with Crippen LogP contribution in [0.3, 0.4) is 0 Å². The Bertz CT molecular complexity index is 1020. The average Bonchev–Trinajstić information content (AvgIpc) is 2.68. The normalized spacial score (nSPS) is 12.6. The van der Waals surface area contributed by atoms with Gasteiger partial charge in [-0.3, -0.25) is 4.79 Å². The lowest BCUT2D eigenvalue weighted by molar-refractivity contribution is -0.139. The number of benzene rings is 1. The standard InChI is InChI=1S/C24H32N4O5/c1-14-17(12-25-19(27-14)15-8-10-16(11-9-15)23(2,3)4)20(29)28-18(21(30)31)13-26-22(32)33-24(5,6)7/h8-12,18H,13H2,1-7H3,(H,26,32)(H,28,29)(H,30,31)/t18-/m0/s1. The fourth-order valence-electron chi connectivity index (χ4n) is 2.88. The van der Waals surface area contributed by atoms with Crippen molar-refractivity contribution in [2.24, 2.45) is 0 Å². The first kappa shape index (κ1) is 25.8. The van der Waals surface area contributed by atoms with Crippen molar-refractivity contribution in [3.05, 3.63) is 47.3 Å². The molecule has 178 valence electrons. The Labute approximate surface area is 194 Å². The number of hydrogen-bond donors (Lipinski definition) is 3. The first-order valence-electron chi connectivity index (χ1n) is 10.6. The van der Waals surface area contributed by atoms with Crippen LogP contribution in [0.15, 0.2) is 30.5 Å². The SMILES string of the molecule is Cc1nc(-c2ccc(C(C)(C)C)cc2)ncc1C(=O)N[C@@H](CNC(=O)OC(C)(C)C)C(=O)O. The second-order valence-corrected chi connectivity index (χ2v) is 9.77. The lowest BCUT2D eigenvalue weighted by atomic mass is 9.87. The lowest BCUT2D eigenvalue weighted by Gasteiger charge is -2.21. The van der Waals surface area contributed by atoms with E-state index in [0.29, 0.717) is 11.5 Å². The summed E-state index contributed by atoms with van der Waals surface area (Å²) in [5, 5.41) is 14.2. The number of nitrogens with zero attached hydrogens (tertiary/aromatic N) is 2. The summed E-state index contributed by atoms with van der Waals surface area (Å²) in [6, 6.07) is 6.54. The van der Waals surface area contributed by atoms with Crippen molar-refractivity contribution in [1.29, 1.82) is 0 Å². The molecule has 9 nitrogen and oxygen atoms in total. The molecule has 0 unspecified atom stereocenters. The molecule has 0 aliphatic heterocycles. The van der Waals surface area contributed by atoms with E-state index in [0.717, 1.165) is 5.56 Å². The highest BCUT2D eigenvalue weighted by atomic mass is 16.6. The van der Waals surface area contributed by atoms with Gasteiger partial charge in [-0.1, -0.05) is 45.0 Å². The Morgan fingerprint density at radius 1 is 1.06 bits per heavy atom. The molecule has 0 fully saturated rings. The smallest absolute Gasteiger partial charge is 0.407 e. The van der Waals surface area contributed by atoms with Crippen LogP contribution in [-0.2, 0) is 14.9 Å². The number of aryl methyl sites for hydroxylation is 1. The minimum atomic E-state index is -1.35. The number of hydrogen-bond acceptors (Lipinski definition) is 6. The van der Waals surface area contributed by atoms with Crippen molar-refractivity contribution in [2.45, 2.75) is 65.5 Å². The largest absolute Gasteiger partial charge is 0.480 e. The molecule has 0 aliphatic rings. The topological polar surface area (TPSA) is 131 Å². The van der Waals surface area contributed by atoms with Gasteiger partial charge in [-0.15, -0.1) is 0 Å². The molecule has 0 aliphatic carbocycles. The Hall–Kier alpha value is -3.49. The van der Waals surface area contributed by atoms with Gasteiger partial charge in [-0.2, -0.15) is 0 Å². The molecule has 0 saturated carbocycles. The second-order valence-electron chi connectivity index (χ2n) is 9.77. The zero-order valence-corrected chi connectivity index (χ0v) is 20.1. The number of alkyl carbamates (subject to hydrolysis) is 1. The summed E-state index contributed by atoms with van der Waals surface area (Å²) in [6.07, 6.45) is 0.592. The molecule has 3 N–H and O–H groups in total. The third kappa shape index (κ3) is 7.55. The van der Waals surface area contributed by atoms with E-state index >= 15 is 0 Å². The minimum absolute atomic E-state index is 0.0241. The number of amides is 2. The Morgan fingerprint density at radius 3 is 2.15 bits per heavy atom. The number of ether oxygens (including phenoxy) is 1. The van der Waals surface area contributed by atoms with Crippen LogP contribution < -0.4 is 10.6 Å². The molecule has 33 heavy (non-hydrogen) atoms. The molecular weight excluding hydrogens is 424 g/mol. The van der Waals surface area contributed by atoms with E-state index in [9.17, 15) is 19.5 Å². The summed E-state index contributed by atoms with van der Waals surface area (Å²) in [5.74, 6) is -1.49. The van der Waals surface area contributed by atoms with E-state index in [4.69, 9.17) is 4.74 Å². The van der Waals surface area contributed by atoms with Crippen molar-refractivity contribution in [3.63, 3.8) is 0 Å². The summed E-state index contributed by atoms with van der Waals surface area (Å²) in [7, 11) is 0. The van der Waals surface area contributed by atoms with Gasteiger partial charge in [0.1, 0.15) is 11.6 Å². The van der Waals surface area contributed by atoms with Crippen molar-refractivity contribution in [2.75, 3.05) is 6.54 Å². The molecular formula is C24H32N4O5. The van der Waals surface area contributed by atoms with Gasteiger partial charge in [0.05, 0.1) is 17.8 Å². The number of aromatic nitrogens is 2. The molecule has 2 rings (SSSR count). The van der Waals surface area contributed by atoms with Crippen LogP contribution in [0.5, 0.6) is 0 Å². The molecule has 1 aromatic carbocycles. The first-order valence-corrected chi connectivity index (χ1v) is 10.6. The van der Waals surface area contributed by atoms with E-state index in [1.165, 1.54) is 11.8 Å². The van der Waals surface area contributed by atoms with Gasteiger partial charge >= 0.3 is 12.1 Å². The summed E-state index contributed by atoms with van der Waals surface area (Å²) >= 11 is 0. The highest BCUT2D eigenvalue weighted by Gasteiger charge is 2.24. The molecule has 0 radical (unpaired) electrons. The third-order valence-electron chi connectivity index (χ3n) is 4.69. The van der Waals surface area contributed by atoms with Gasteiger partial charge in [0.2, 0.25) is 0 Å². The zero-order valence-electron chi connectivity index (χ0n) is 20.1. The van der Waals surface area contributed by atoms with E-state index < -0.39 is 29.6 Å². The van der Waals surface area contributed by atoms with Crippen LogP contribution >= 0.6 is 0 Å². The van der Waals surface area contributed by atoms with Crippen molar-refractivity contribution < 1.29 is 24.2 Å². The van der Waals surface area contributed by atoms with Crippen molar-refractivity contribution in [1.82, 2.24) is 20.6 Å². The summed E-state index contributed by atoms with van der Waals surface area (Å²) < 4.78 is 5.08. The number of rotatable bonds is 6. The third-order valence-corrected chi connectivity index (χ3v) is 4.69. The second kappa shape index (κ2) is 9.97. The lowest BCUT2D eigenvalue weighted by Crippen LogP contribution is -2.49. The van der Waals surface area contributed by atoms with Crippen LogP contribution in [0, 0.1) is 6.92 Å². The van der Waals surface area contributed by atoms with E-state index in [1.54, 1.807) is 27.7 Å². The Morgan fingerprint density at radius 2 is 1.67 bits per heavy atom. The predicted molar refractivity (Wildman–Crippen MR) is 124 cm³/mol. The maximum absolute atomic E-state index is 12.7. The van der Waals surface area contributed by atoms with Gasteiger partial charge in [0.15, 0.2) is 5.82 Å². The number of aliphatic carboxylic acids is 1. The fraction of sp³-hybridized carbons (Fsp3) is 0.458. The number of carbonyl (C=O) groups is 3. The molecule has 1 aromatic heterocycles. The average molecular weight is 457 g/mol. The van der Waals surface area contributed by atoms with Crippen LogP contribution in [0.4, 0.5) is 4.79 Å². The van der Waals surface area contributed by atoms with Crippen LogP contribution in [-0.4, -0.2) is 51.2 Å². The molecule has 9 heteroatoms. The molecule has 2 amide bonds. The van der Waals surface area contributed by atoms with Crippen molar-refractivity contribution in [3.8, 4) is 11.4 Å². The van der Waals surface area contributed by atoms with Crippen molar-refractivity contribution >= 4 is 18.0 Å². The summed E-state index contributed by atoms with van der Waals surface area (Å²) in [4.78, 5) is 44.7. The maximum atomic E-state index is 12.7. The van der Waals surface area contributed by atoms with Gasteiger partial charge < -0.3 is 20.5 Å². The quantitative estimate of drug-likeness (QED) is 0.607. The summed E-state index contributed by atoms with van der Waals surface area (Å²) in [6.45, 7) is 12.8. The minimum Gasteiger partial charge on any atom is -0.480 e. The van der Waals surface area contributed by atoms with Crippen LogP contribution in [0.1, 0.15) is 63.2 Å². The summed E-state index contributed by atoms with van der Waals surface area (Å²) in [5.41, 5.74) is 1.84. The molecule has 2 aromatic rings. The number of carbonyl (C=O) groups excluding carboxylic acids is 2. The van der Waals surface area contributed by atoms with Gasteiger partial charge in [-0.05, 0) is 38.7 Å². The Kier molecular flexibility index (Phi) is 7.79. The van der Waals surface area contributed by atoms with Gasteiger partial charge in [0, 0.05) is 11.8 Å². The molecule has 0 bridgehead atoms. The first-order chi connectivity index (χ1) is 15.2. The zero-order chi connectivity index (χ0) is 25.0. The number of carboxylic acids is 1. The fourth-order valence-corrected chi connectivity index (χ4v) is 2.88. The maximum Gasteiger partial charge on any atom is 0.407 e. The number of carboxylic acid groups (broad SMARTS) is 1. The van der Waals surface area contributed by atoms with E-state index in [2.05, 4.69) is 41.4 Å². The number of nitrogens with one attached hydrogen (secondary N) is 2. The van der Waals surface area contributed by atoms with Crippen LogP contribution in [0.25, 0.3) is 11.4 Å². The highest BCUT2D eigenvalue weighted by Crippen LogP contribution is 2.25. The van der Waals surface area contributed by atoms with E-state index in [-0.39, 0.29) is 17.5 Å². The highest BCUT2D eigenvalue weighted by molar-refractivity contribution is 5.97. The Balaban J connectivity index is 2.10.